The van der Waals surface area contributed by atoms with E-state index in [4.69, 9.17) is 0 Å². The van der Waals surface area contributed by atoms with Crippen LogP contribution in [0.5, 0.6) is 0 Å². The highest BCUT2D eigenvalue weighted by Gasteiger charge is 2.32. The zero-order valence-corrected chi connectivity index (χ0v) is 11.7. The molecule has 3 heteroatoms. The number of hydrogen-bond acceptors (Lipinski definition) is 2. The summed E-state index contributed by atoms with van der Waals surface area (Å²) in [5, 5.41) is 3.37. The van der Waals surface area contributed by atoms with Crippen molar-refractivity contribution in [3.05, 3.63) is 71.3 Å². The number of carbonyl (C=O) groups excluding carboxylic acids is 1. The van der Waals surface area contributed by atoms with Crippen molar-refractivity contribution >= 4 is 17.3 Å². The Balaban J connectivity index is 1.78. The molecule has 0 spiro atoms. The second-order valence-corrected chi connectivity index (χ2v) is 5.51. The van der Waals surface area contributed by atoms with E-state index in [1.54, 1.807) is 4.90 Å². The first kappa shape index (κ1) is 12.4. The van der Waals surface area contributed by atoms with Crippen molar-refractivity contribution in [2.75, 3.05) is 11.4 Å². The Morgan fingerprint density at radius 3 is 2.67 bits per heavy atom. The molecule has 0 saturated heterocycles. The van der Waals surface area contributed by atoms with Crippen LogP contribution in [0.2, 0.25) is 0 Å². The maximum Gasteiger partial charge on any atom is 0.263 e. The SMILES string of the molecule is C=C1c2ccccc2C(=O)N1c1ccc2c(c1)CNCC2. The molecule has 21 heavy (non-hydrogen) atoms. The zero-order valence-electron chi connectivity index (χ0n) is 11.7. The van der Waals surface area contributed by atoms with E-state index in [0.717, 1.165) is 42.0 Å². The van der Waals surface area contributed by atoms with Gasteiger partial charge >= 0.3 is 0 Å². The smallest absolute Gasteiger partial charge is 0.263 e. The minimum atomic E-state index is 0.0133. The summed E-state index contributed by atoms with van der Waals surface area (Å²) in [7, 11) is 0. The predicted molar refractivity (Wildman–Crippen MR) is 84.1 cm³/mol. The molecule has 0 bridgehead atoms. The summed E-state index contributed by atoms with van der Waals surface area (Å²) in [6.45, 7) is 5.99. The summed E-state index contributed by atoms with van der Waals surface area (Å²) >= 11 is 0. The topological polar surface area (TPSA) is 32.3 Å². The fraction of sp³-hybridized carbons (Fsp3) is 0.167. The lowest BCUT2D eigenvalue weighted by Gasteiger charge is -2.22. The fourth-order valence-electron chi connectivity index (χ4n) is 3.16. The molecule has 0 radical (unpaired) electrons. The van der Waals surface area contributed by atoms with Gasteiger partial charge in [0.05, 0.1) is 5.70 Å². The maximum atomic E-state index is 12.6. The summed E-state index contributed by atoms with van der Waals surface area (Å²) < 4.78 is 0. The van der Waals surface area contributed by atoms with Gasteiger partial charge in [-0.1, -0.05) is 30.8 Å². The molecule has 104 valence electrons. The van der Waals surface area contributed by atoms with Crippen molar-refractivity contribution < 1.29 is 4.79 Å². The average molecular weight is 276 g/mol. The number of amides is 1. The molecular weight excluding hydrogens is 260 g/mol. The largest absolute Gasteiger partial charge is 0.312 e. The van der Waals surface area contributed by atoms with Crippen molar-refractivity contribution in [2.45, 2.75) is 13.0 Å². The molecule has 0 saturated carbocycles. The lowest BCUT2D eigenvalue weighted by molar-refractivity contribution is 0.101. The third kappa shape index (κ3) is 1.82. The monoisotopic (exact) mass is 276 g/mol. The van der Waals surface area contributed by atoms with Gasteiger partial charge in [0.1, 0.15) is 0 Å². The van der Waals surface area contributed by atoms with Crippen LogP contribution >= 0.6 is 0 Å². The Kier molecular flexibility index (Phi) is 2.69. The number of nitrogens with zero attached hydrogens (tertiary/aromatic N) is 1. The van der Waals surface area contributed by atoms with Gasteiger partial charge in [-0.25, -0.2) is 0 Å². The molecule has 0 aromatic heterocycles. The van der Waals surface area contributed by atoms with Crippen LogP contribution in [-0.4, -0.2) is 12.5 Å². The van der Waals surface area contributed by atoms with Gasteiger partial charge in [0, 0.05) is 23.4 Å². The minimum Gasteiger partial charge on any atom is -0.312 e. The van der Waals surface area contributed by atoms with E-state index >= 15 is 0 Å². The van der Waals surface area contributed by atoms with E-state index in [-0.39, 0.29) is 5.91 Å². The predicted octanol–water partition coefficient (Wildman–Crippen LogP) is 2.96. The number of anilines is 1. The average Bonchev–Trinajstić information content (AvgIpc) is 2.79. The zero-order chi connectivity index (χ0) is 14.4. The summed E-state index contributed by atoms with van der Waals surface area (Å²) in [4.78, 5) is 14.3. The third-order valence-electron chi connectivity index (χ3n) is 4.28. The number of rotatable bonds is 1. The summed E-state index contributed by atoms with van der Waals surface area (Å²) in [5.41, 5.74) is 5.97. The molecule has 2 aromatic carbocycles. The molecule has 4 rings (SSSR count). The van der Waals surface area contributed by atoms with Crippen molar-refractivity contribution in [1.29, 1.82) is 0 Å². The highest BCUT2D eigenvalue weighted by Crippen LogP contribution is 2.36. The standard InChI is InChI=1S/C18H16N2O/c1-12-16-4-2-3-5-17(16)18(21)20(12)15-7-6-13-8-9-19-11-14(13)10-15/h2-7,10,19H,1,8-9,11H2. The summed E-state index contributed by atoms with van der Waals surface area (Å²) in [6, 6.07) is 13.9. The Labute approximate surface area is 123 Å². The maximum absolute atomic E-state index is 12.6. The van der Waals surface area contributed by atoms with E-state index in [9.17, 15) is 4.79 Å². The van der Waals surface area contributed by atoms with Crippen LogP contribution < -0.4 is 10.2 Å². The van der Waals surface area contributed by atoms with E-state index in [2.05, 4.69) is 24.0 Å². The highest BCUT2D eigenvalue weighted by molar-refractivity contribution is 6.22. The lowest BCUT2D eigenvalue weighted by atomic mass is 10.00. The van der Waals surface area contributed by atoms with Crippen LogP contribution in [0.1, 0.15) is 27.0 Å². The van der Waals surface area contributed by atoms with Gasteiger partial charge < -0.3 is 5.32 Å². The van der Waals surface area contributed by atoms with Crippen molar-refractivity contribution in [3.63, 3.8) is 0 Å². The summed E-state index contributed by atoms with van der Waals surface area (Å²) in [5.74, 6) is 0.0133. The number of carbonyl (C=O) groups is 1. The number of fused-ring (bicyclic) bond motifs is 2. The quantitative estimate of drug-likeness (QED) is 0.868. The van der Waals surface area contributed by atoms with Crippen LogP contribution in [0.15, 0.2) is 49.0 Å². The molecule has 3 nitrogen and oxygen atoms in total. The molecule has 2 aliphatic rings. The van der Waals surface area contributed by atoms with Crippen LogP contribution in [0, 0.1) is 0 Å². The van der Waals surface area contributed by atoms with E-state index in [0.29, 0.717) is 0 Å². The minimum absolute atomic E-state index is 0.0133. The molecule has 1 N–H and O–H groups in total. The van der Waals surface area contributed by atoms with Gasteiger partial charge in [-0.05, 0) is 42.3 Å². The Morgan fingerprint density at radius 2 is 1.86 bits per heavy atom. The fourth-order valence-corrected chi connectivity index (χ4v) is 3.16. The number of benzene rings is 2. The lowest BCUT2D eigenvalue weighted by Crippen LogP contribution is -2.25. The molecule has 0 fully saturated rings. The van der Waals surface area contributed by atoms with E-state index < -0.39 is 0 Å². The van der Waals surface area contributed by atoms with Crippen LogP contribution in [0.3, 0.4) is 0 Å². The van der Waals surface area contributed by atoms with Gasteiger partial charge in [0.15, 0.2) is 0 Å². The van der Waals surface area contributed by atoms with E-state index in [1.165, 1.54) is 11.1 Å². The van der Waals surface area contributed by atoms with Gasteiger partial charge in [-0.2, -0.15) is 0 Å². The third-order valence-corrected chi connectivity index (χ3v) is 4.28. The van der Waals surface area contributed by atoms with Crippen molar-refractivity contribution in [1.82, 2.24) is 5.32 Å². The molecular formula is C18H16N2O. The summed E-state index contributed by atoms with van der Waals surface area (Å²) in [6.07, 6.45) is 1.05. The van der Waals surface area contributed by atoms with Crippen molar-refractivity contribution in [3.8, 4) is 0 Å². The first-order chi connectivity index (χ1) is 10.3. The molecule has 0 unspecified atom stereocenters. The molecule has 2 aliphatic heterocycles. The molecule has 2 heterocycles. The van der Waals surface area contributed by atoms with Crippen LogP contribution in [0.4, 0.5) is 5.69 Å². The Morgan fingerprint density at radius 1 is 1.05 bits per heavy atom. The van der Waals surface area contributed by atoms with Crippen LogP contribution in [-0.2, 0) is 13.0 Å². The van der Waals surface area contributed by atoms with Gasteiger partial charge in [0.2, 0.25) is 0 Å². The highest BCUT2D eigenvalue weighted by atomic mass is 16.2. The van der Waals surface area contributed by atoms with Gasteiger partial charge in [-0.3, -0.25) is 9.69 Å². The molecule has 0 aliphatic carbocycles. The van der Waals surface area contributed by atoms with Crippen molar-refractivity contribution in [2.24, 2.45) is 0 Å². The van der Waals surface area contributed by atoms with E-state index in [1.807, 2.05) is 30.3 Å². The normalized spacial score (nSPS) is 16.9. The Hall–Kier alpha value is -2.39. The first-order valence-corrected chi connectivity index (χ1v) is 7.21. The second-order valence-electron chi connectivity index (χ2n) is 5.51. The molecule has 1 amide bonds. The second kappa shape index (κ2) is 4.57. The van der Waals surface area contributed by atoms with Gasteiger partial charge in [0.25, 0.3) is 5.91 Å². The Bertz CT molecular complexity index is 729. The number of nitrogens with one attached hydrogen (secondary N) is 1. The molecule has 2 aromatic rings. The van der Waals surface area contributed by atoms with Gasteiger partial charge in [-0.15, -0.1) is 0 Å². The van der Waals surface area contributed by atoms with Crippen LogP contribution in [0.25, 0.3) is 5.70 Å². The number of hydrogen-bond donors (Lipinski definition) is 1. The first-order valence-electron chi connectivity index (χ1n) is 7.21. The molecule has 0 atom stereocenters.